The number of amides is 2. The van der Waals surface area contributed by atoms with Gasteiger partial charge in [-0.1, -0.05) is 12.1 Å². The number of fused-ring (bicyclic) bond motifs is 1. The van der Waals surface area contributed by atoms with E-state index in [0.29, 0.717) is 22.2 Å². The number of carbonyl (C=O) groups excluding carboxylic acids is 2. The first-order chi connectivity index (χ1) is 11.9. The van der Waals surface area contributed by atoms with Crippen LogP contribution in [-0.2, 0) is 6.54 Å². The van der Waals surface area contributed by atoms with Crippen molar-refractivity contribution in [3.05, 3.63) is 71.2 Å². The van der Waals surface area contributed by atoms with Crippen molar-refractivity contribution in [3.63, 3.8) is 0 Å². The molecule has 0 bridgehead atoms. The molecule has 6 heteroatoms. The molecular formula is C19H18FN3O2. The van der Waals surface area contributed by atoms with Crippen molar-refractivity contribution in [2.45, 2.75) is 6.54 Å². The Morgan fingerprint density at radius 1 is 1.12 bits per heavy atom. The first kappa shape index (κ1) is 16.7. The van der Waals surface area contributed by atoms with Gasteiger partial charge in [0.05, 0.1) is 0 Å². The summed E-state index contributed by atoms with van der Waals surface area (Å²) in [6, 6.07) is 13.0. The fraction of sp³-hybridized carbons (Fsp3) is 0.158. The van der Waals surface area contributed by atoms with Gasteiger partial charge in [-0.05, 0) is 42.0 Å². The van der Waals surface area contributed by atoms with Crippen LogP contribution < -0.4 is 5.32 Å². The molecule has 0 atom stereocenters. The number of carbonyl (C=O) groups is 2. The molecule has 0 aliphatic carbocycles. The zero-order valence-corrected chi connectivity index (χ0v) is 14.0. The lowest BCUT2D eigenvalue weighted by molar-refractivity contribution is 0.0827. The van der Waals surface area contributed by atoms with Crippen LogP contribution in [0.5, 0.6) is 0 Å². The Hall–Kier alpha value is -3.15. The van der Waals surface area contributed by atoms with E-state index in [-0.39, 0.29) is 24.2 Å². The number of aromatic amines is 1. The van der Waals surface area contributed by atoms with Crippen LogP contribution in [0.2, 0.25) is 0 Å². The van der Waals surface area contributed by atoms with E-state index in [4.69, 9.17) is 0 Å². The van der Waals surface area contributed by atoms with Crippen LogP contribution in [0.3, 0.4) is 0 Å². The number of nitrogens with zero attached hydrogens (tertiary/aromatic N) is 1. The third-order valence-corrected chi connectivity index (χ3v) is 3.86. The summed E-state index contributed by atoms with van der Waals surface area (Å²) in [6.07, 6.45) is 0. The molecule has 1 heterocycles. The van der Waals surface area contributed by atoms with Gasteiger partial charge in [0.1, 0.15) is 11.5 Å². The Morgan fingerprint density at radius 2 is 1.92 bits per heavy atom. The molecule has 3 rings (SSSR count). The molecule has 0 spiro atoms. The second-order valence-corrected chi connectivity index (χ2v) is 6.00. The largest absolute Gasteiger partial charge is 0.351 e. The maximum Gasteiger partial charge on any atom is 0.267 e. The molecule has 5 nitrogen and oxygen atoms in total. The number of halogens is 1. The molecular weight excluding hydrogens is 321 g/mol. The average molecular weight is 339 g/mol. The minimum atomic E-state index is -0.346. The van der Waals surface area contributed by atoms with Crippen LogP contribution in [0.1, 0.15) is 26.4 Å². The van der Waals surface area contributed by atoms with E-state index in [1.807, 2.05) is 6.07 Å². The zero-order valence-electron chi connectivity index (χ0n) is 14.0. The van der Waals surface area contributed by atoms with Gasteiger partial charge in [0.25, 0.3) is 11.8 Å². The molecule has 128 valence electrons. The molecule has 2 amide bonds. The Balaban J connectivity index is 1.71. The molecule has 0 aliphatic heterocycles. The highest BCUT2D eigenvalue weighted by atomic mass is 19.1. The van der Waals surface area contributed by atoms with Crippen molar-refractivity contribution in [1.82, 2.24) is 15.2 Å². The van der Waals surface area contributed by atoms with Gasteiger partial charge in [0, 0.05) is 37.1 Å². The fourth-order valence-corrected chi connectivity index (χ4v) is 2.58. The third-order valence-electron chi connectivity index (χ3n) is 3.86. The lowest BCUT2D eigenvalue weighted by Crippen LogP contribution is -2.24. The average Bonchev–Trinajstić information content (AvgIpc) is 3.02. The van der Waals surface area contributed by atoms with E-state index in [2.05, 4.69) is 10.3 Å². The monoisotopic (exact) mass is 339 g/mol. The number of benzene rings is 2. The molecule has 0 unspecified atom stereocenters. The van der Waals surface area contributed by atoms with E-state index in [1.165, 1.54) is 17.0 Å². The lowest BCUT2D eigenvalue weighted by atomic mass is 10.1. The van der Waals surface area contributed by atoms with Crippen LogP contribution in [0, 0.1) is 5.82 Å². The fourth-order valence-electron chi connectivity index (χ4n) is 2.58. The van der Waals surface area contributed by atoms with Gasteiger partial charge in [-0.15, -0.1) is 0 Å². The smallest absolute Gasteiger partial charge is 0.267 e. The summed E-state index contributed by atoms with van der Waals surface area (Å²) in [5.74, 6) is -0.729. The highest BCUT2D eigenvalue weighted by Gasteiger charge is 2.11. The molecule has 3 aromatic rings. The van der Waals surface area contributed by atoms with E-state index < -0.39 is 0 Å². The predicted octanol–water partition coefficient (Wildman–Crippen LogP) is 2.94. The first-order valence-corrected chi connectivity index (χ1v) is 7.81. The van der Waals surface area contributed by atoms with Crippen LogP contribution in [-0.4, -0.2) is 35.8 Å². The second kappa shape index (κ2) is 6.76. The highest BCUT2D eigenvalue weighted by molar-refractivity contribution is 5.98. The second-order valence-electron chi connectivity index (χ2n) is 6.00. The van der Waals surface area contributed by atoms with E-state index in [1.54, 1.807) is 44.4 Å². The van der Waals surface area contributed by atoms with Gasteiger partial charge in [0.15, 0.2) is 0 Å². The number of H-pyrrole nitrogens is 1. The number of nitrogens with one attached hydrogen (secondary N) is 2. The molecule has 1 aromatic heterocycles. The van der Waals surface area contributed by atoms with Gasteiger partial charge in [0.2, 0.25) is 0 Å². The summed E-state index contributed by atoms with van der Waals surface area (Å²) < 4.78 is 13.2. The molecule has 0 saturated carbocycles. The maximum atomic E-state index is 13.2. The van der Waals surface area contributed by atoms with Crippen LogP contribution in [0.4, 0.5) is 4.39 Å². The Bertz CT molecular complexity index is 947. The highest BCUT2D eigenvalue weighted by Crippen LogP contribution is 2.16. The SMILES string of the molecule is CN(C)C(=O)c1cccc(CNC(=O)c2cc3cc(F)ccc3[nH]2)c1. The van der Waals surface area contributed by atoms with Crippen molar-refractivity contribution in [2.24, 2.45) is 0 Å². The molecule has 0 saturated heterocycles. The normalized spacial score (nSPS) is 10.7. The van der Waals surface area contributed by atoms with Gasteiger partial charge in [-0.25, -0.2) is 4.39 Å². The minimum Gasteiger partial charge on any atom is -0.351 e. The van der Waals surface area contributed by atoms with Crippen molar-refractivity contribution in [1.29, 1.82) is 0 Å². The van der Waals surface area contributed by atoms with Crippen LogP contribution >= 0.6 is 0 Å². The number of hydrogen-bond donors (Lipinski definition) is 2. The van der Waals surface area contributed by atoms with E-state index in [9.17, 15) is 14.0 Å². The number of rotatable bonds is 4. The summed E-state index contributed by atoms with van der Waals surface area (Å²) in [6.45, 7) is 0.289. The molecule has 25 heavy (non-hydrogen) atoms. The molecule has 2 aromatic carbocycles. The molecule has 0 fully saturated rings. The predicted molar refractivity (Wildman–Crippen MR) is 93.9 cm³/mol. The van der Waals surface area contributed by atoms with E-state index >= 15 is 0 Å². The summed E-state index contributed by atoms with van der Waals surface area (Å²) in [4.78, 5) is 28.7. The summed E-state index contributed by atoms with van der Waals surface area (Å²) in [7, 11) is 3.38. The van der Waals surface area contributed by atoms with Crippen LogP contribution in [0.25, 0.3) is 10.9 Å². The maximum absolute atomic E-state index is 13.2. The van der Waals surface area contributed by atoms with Gasteiger partial charge in [-0.2, -0.15) is 0 Å². The third kappa shape index (κ3) is 3.68. The van der Waals surface area contributed by atoms with Crippen molar-refractivity contribution in [2.75, 3.05) is 14.1 Å². The summed E-state index contributed by atoms with van der Waals surface area (Å²) in [5, 5.41) is 3.44. The Morgan fingerprint density at radius 3 is 2.68 bits per heavy atom. The standard InChI is InChI=1S/C19H18FN3O2/c1-23(2)19(25)13-5-3-4-12(8-13)11-21-18(24)17-10-14-9-15(20)6-7-16(14)22-17/h3-10,22H,11H2,1-2H3,(H,21,24). The number of aromatic nitrogens is 1. The van der Waals surface area contributed by atoms with Crippen molar-refractivity contribution < 1.29 is 14.0 Å². The van der Waals surface area contributed by atoms with Crippen LogP contribution in [0.15, 0.2) is 48.5 Å². The van der Waals surface area contributed by atoms with Crippen molar-refractivity contribution >= 4 is 22.7 Å². The Labute approximate surface area is 144 Å². The first-order valence-electron chi connectivity index (χ1n) is 7.81. The van der Waals surface area contributed by atoms with E-state index in [0.717, 1.165) is 5.56 Å². The van der Waals surface area contributed by atoms with Gasteiger partial charge >= 0.3 is 0 Å². The summed E-state index contributed by atoms with van der Waals surface area (Å²) >= 11 is 0. The zero-order chi connectivity index (χ0) is 18.0. The molecule has 0 radical (unpaired) electrons. The number of hydrogen-bond acceptors (Lipinski definition) is 2. The lowest BCUT2D eigenvalue weighted by Gasteiger charge is -2.11. The van der Waals surface area contributed by atoms with Gasteiger partial charge in [-0.3, -0.25) is 9.59 Å². The van der Waals surface area contributed by atoms with Gasteiger partial charge < -0.3 is 15.2 Å². The quantitative estimate of drug-likeness (QED) is 0.767. The summed E-state index contributed by atoms with van der Waals surface area (Å²) in [5.41, 5.74) is 2.45. The molecule has 0 aliphatic rings. The topological polar surface area (TPSA) is 65.2 Å². The van der Waals surface area contributed by atoms with Crippen molar-refractivity contribution in [3.8, 4) is 0 Å². The minimum absolute atomic E-state index is 0.0918. The molecule has 2 N–H and O–H groups in total. The Kier molecular flexibility index (Phi) is 4.52.